The number of nitrogens with zero attached hydrogens (tertiary/aromatic N) is 6. The molecule has 0 unspecified atom stereocenters. The van der Waals surface area contributed by atoms with Gasteiger partial charge in [-0.1, -0.05) is 72.8 Å². The monoisotopic (exact) mass is 669 g/mol. The fourth-order valence-corrected chi connectivity index (χ4v) is 4.86. The van der Waals surface area contributed by atoms with Crippen LogP contribution in [-0.2, 0) is 19.5 Å². The molecule has 0 radical (unpaired) electrons. The van der Waals surface area contributed by atoms with Crippen molar-refractivity contribution in [3.05, 3.63) is 126 Å². The molecule has 0 atom stereocenters. The minimum absolute atomic E-state index is 0.243. The molecular formula is C36H39N13O. The van der Waals surface area contributed by atoms with Gasteiger partial charge in [-0.05, 0) is 59.5 Å². The lowest BCUT2D eigenvalue weighted by Crippen LogP contribution is -2.16. The van der Waals surface area contributed by atoms with Crippen LogP contribution in [0.15, 0.2) is 109 Å². The average molecular weight is 670 g/mol. The lowest BCUT2D eigenvalue weighted by molar-refractivity contribution is 0.475. The number of rotatable bonds is 17. The Morgan fingerprint density at radius 1 is 0.460 bits per heavy atom. The summed E-state index contributed by atoms with van der Waals surface area (Å²) in [4.78, 5) is 27.4. The summed E-state index contributed by atoms with van der Waals surface area (Å²) in [6.45, 7) is 2.56. The van der Waals surface area contributed by atoms with Crippen molar-refractivity contribution in [1.29, 1.82) is 0 Å². The third kappa shape index (κ3) is 10.2. The van der Waals surface area contributed by atoms with Crippen LogP contribution in [0.25, 0.3) is 0 Å². The Morgan fingerprint density at radius 3 is 1.42 bits per heavy atom. The quantitative estimate of drug-likeness (QED) is 0.0606. The maximum absolute atomic E-state index is 9.57. The second kappa shape index (κ2) is 17.0. The molecule has 0 saturated carbocycles. The highest BCUT2D eigenvalue weighted by Crippen LogP contribution is 2.19. The predicted octanol–water partition coefficient (Wildman–Crippen LogP) is 5.50. The van der Waals surface area contributed by atoms with Gasteiger partial charge in [-0.25, -0.2) is 0 Å². The third-order valence-corrected chi connectivity index (χ3v) is 7.28. The van der Waals surface area contributed by atoms with Gasteiger partial charge in [-0.3, -0.25) is 0 Å². The molecule has 0 spiro atoms. The molecule has 14 nitrogen and oxygen atoms in total. The van der Waals surface area contributed by atoms with Crippen LogP contribution in [0.5, 0.6) is 5.75 Å². The molecule has 0 amide bonds. The summed E-state index contributed by atoms with van der Waals surface area (Å²) in [6.07, 6.45) is 0.734. The third-order valence-electron chi connectivity index (χ3n) is 7.28. The number of anilines is 8. The van der Waals surface area contributed by atoms with E-state index in [1.54, 1.807) is 12.1 Å². The van der Waals surface area contributed by atoms with E-state index < -0.39 is 0 Å². The maximum atomic E-state index is 9.57. The zero-order chi connectivity index (χ0) is 34.4. The van der Waals surface area contributed by atoms with Crippen molar-refractivity contribution in [3.8, 4) is 5.75 Å². The number of hydrogen-bond donors (Lipinski definition) is 8. The minimum atomic E-state index is 0.243. The molecule has 6 aromatic rings. The van der Waals surface area contributed by atoms with E-state index in [-0.39, 0.29) is 5.75 Å². The molecule has 0 aliphatic heterocycles. The zero-order valence-corrected chi connectivity index (χ0v) is 27.3. The molecule has 0 aliphatic carbocycles. The molecule has 254 valence electrons. The van der Waals surface area contributed by atoms with Gasteiger partial charge < -0.3 is 42.7 Å². The number of benzene rings is 4. The first-order valence-electron chi connectivity index (χ1n) is 16.3. The van der Waals surface area contributed by atoms with Crippen LogP contribution in [-0.4, -0.2) is 54.6 Å². The molecule has 0 aliphatic rings. The average Bonchev–Trinajstić information content (AvgIpc) is 3.14. The number of para-hydroxylation sites is 2. The van der Waals surface area contributed by atoms with Gasteiger partial charge >= 0.3 is 0 Å². The van der Waals surface area contributed by atoms with Crippen molar-refractivity contribution in [2.24, 2.45) is 5.73 Å². The number of phenols is 1. The van der Waals surface area contributed by atoms with Crippen molar-refractivity contribution in [1.82, 2.24) is 29.9 Å². The predicted molar refractivity (Wildman–Crippen MR) is 198 cm³/mol. The first-order chi connectivity index (χ1) is 24.6. The summed E-state index contributed by atoms with van der Waals surface area (Å²) < 4.78 is 0. The van der Waals surface area contributed by atoms with Crippen LogP contribution in [0.1, 0.15) is 16.7 Å². The maximum Gasteiger partial charge on any atom is 0.233 e. The molecule has 50 heavy (non-hydrogen) atoms. The van der Waals surface area contributed by atoms with Crippen molar-refractivity contribution in [3.63, 3.8) is 0 Å². The van der Waals surface area contributed by atoms with Crippen molar-refractivity contribution in [2.75, 3.05) is 51.5 Å². The van der Waals surface area contributed by atoms with E-state index in [2.05, 4.69) is 67.9 Å². The highest BCUT2D eigenvalue weighted by Gasteiger charge is 2.10. The molecular weight excluding hydrogens is 630 g/mol. The highest BCUT2D eigenvalue weighted by molar-refractivity contribution is 5.56. The van der Waals surface area contributed by atoms with Gasteiger partial charge in [0, 0.05) is 44.1 Å². The number of aromatic hydroxyl groups is 1. The van der Waals surface area contributed by atoms with Crippen molar-refractivity contribution in [2.45, 2.75) is 19.5 Å². The lowest BCUT2D eigenvalue weighted by atomic mass is 10.1. The molecule has 2 heterocycles. The highest BCUT2D eigenvalue weighted by atomic mass is 16.3. The van der Waals surface area contributed by atoms with E-state index in [9.17, 15) is 5.11 Å². The summed E-state index contributed by atoms with van der Waals surface area (Å²) in [5.74, 6) is 2.79. The Hall–Kier alpha value is -6.54. The molecule has 6 rings (SSSR count). The second-order valence-electron chi connectivity index (χ2n) is 11.2. The topological polar surface area (TPSA) is 196 Å². The van der Waals surface area contributed by atoms with Gasteiger partial charge in [0.15, 0.2) is 0 Å². The second-order valence-corrected chi connectivity index (χ2v) is 11.2. The molecule has 4 aromatic carbocycles. The summed E-state index contributed by atoms with van der Waals surface area (Å²) >= 11 is 0. The summed E-state index contributed by atoms with van der Waals surface area (Å²) in [7, 11) is 0. The molecule has 9 N–H and O–H groups in total. The fourth-order valence-electron chi connectivity index (χ4n) is 4.86. The fraction of sp³-hybridized carbons (Fsp3) is 0.167. The normalized spacial score (nSPS) is 10.7. The van der Waals surface area contributed by atoms with E-state index in [4.69, 9.17) is 5.73 Å². The number of nitrogens with one attached hydrogen (secondary N) is 6. The number of aromatic nitrogens is 6. The van der Waals surface area contributed by atoms with Gasteiger partial charge in [-0.2, -0.15) is 29.9 Å². The Morgan fingerprint density at radius 2 is 0.920 bits per heavy atom. The van der Waals surface area contributed by atoms with E-state index in [1.807, 2.05) is 91.0 Å². The SMILES string of the molecule is NCCNc1nc(NCc2cccc(CNc3nc(NCCc4ccc(O)cc4)nc(Nc4ccccc4)n3)c2)nc(Nc2ccccc2)n1. The molecule has 0 bridgehead atoms. The Kier molecular flexibility index (Phi) is 11.4. The van der Waals surface area contributed by atoms with E-state index >= 15 is 0 Å². The lowest BCUT2D eigenvalue weighted by Gasteiger charge is -2.13. The molecule has 14 heteroatoms. The van der Waals surface area contributed by atoms with E-state index in [0.717, 1.165) is 34.5 Å². The van der Waals surface area contributed by atoms with Gasteiger partial charge in [0.05, 0.1) is 0 Å². The van der Waals surface area contributed by atoms with E-state index in [0.29, 0.717) is 68.4 Å². The zero-order valence-electron chi connectivity index (χ0n) is 27.3. The van der Waals surface area contributed by atoms with Crippen LogP contribution < -0.4 is 37.6 Å². The Bertz CT molecular complexity index is 1940. The summed E-state index contributed by atoms with van der Waals surface area (Å²) in [5.41, 5.74) is 10.6. The number of phenolic OH excluding ortho intramolecular Hbond substituents is 1. The van der Waals surface area contributed by atoms with E-state index in [1.165, 1.54) is 0 Å². The van der Waals surface area contributed by atoms with Gasteiger partial charge in [0.2, 0.25) is 35.7 Å². The molecule has 2 aromatic heterocycles. The van der Waals surface area contributed by atoms with Crippen molar-refractivity contribution >= 4 is 47.1 Å². The molecule has 0 saturated heterocycles. The first kappa shape index (κ1) is 33.4. The summed E-state index contributed by atoms with van der Waals surface area (Å²) in [6, 6.07) is 34.8. The van der Waals surface area contributed by atoms with Crippen LogP contribution in [0.2, 0.25) is 0 Å². The first-order valence-corrected chi connectivity index (χ1v) is 16.3. The molecule has 0 fully saturated rings. The van der Waals surface area contributed by atoms with Crippen LogP contribution in [0.4, 0.5) is 47.1 Å². The Labute approximate surface area is 290 Å². The summed E-state index contributed by atoms with van der Waals surface area (Å²) in [5, 5.41) is 29.2. The van der Waals surface area contributed by atoms with Crippen LogP contribution >= 0.6 is 0 Å². The number of nitrogens with two attached hydrogens (primary N) is 1. The standard InChI is InChI=1S/C36H39N13O/c37-19-21-39-32-45-34(49-36(47-32)43-29-12-5-2-6-13-29)41-24-27-9-7-8-26(22-27)23-40-33-44-31(38-20-18-25-14-16-30(50)17-15-25)46-35(48-33)42-28-10-3-1-4-11-28/h1-17,22,50H,18-21,23-24,37H2,(H3,38,40,42,44,46,48)(H3,39,41,43,45,47,49). The largest absolute Gasteiger partial charge is 0.508 e. The smallest absolute Gasteiger partial charge is 0.233 e. The van der Waals surface area contributed by atoms with Crippen LogP contribution in [0.3, 0.4) is 0 Å². The Balaban J connectivity index is 1.11. The van der Waals surface area contributed by atoms with Crippen LogP contribution in [0, 0.1) is 0 Å². The van der Waals surface area contributed by atoms with Gasteiger partial charge in [-0.15, -0.1) is 0 Å². The van der Waals surface area contributed by atoms with Crippen molar-refractivity contribution < 1.29 is 5.11 Å². The minimum Gasteiger partial charge on any atom is -0.508 e. The van der Waals surface area contributed by atoms with Gasteiger partial charge in [0.1, 0.15) is 5.75 Å². The van der Waals surface area contributed by atoms with Gasteiger partial charge in [0.25, 0.3) is 0 Å². The number of hydrogen-bond acceptors (Lipinski definition) is 14.